The van der Waals surface area contributed by atoms with Gasteiger partial charge in [0.2, 0.25) is 0 Å². The van der Waals surface area contributed by atoms with Crippen molar-refractivity contribution >= 4 is 39.9 Å². The fraction of sp³-hybridized carbons (Fsp3) is 0.229. The summed E-state index contributed by atoms with van der Waals surface area (Å²) in [7, 11) is 0. The van der Waals surface area contributed by atoms with Gasteiger partial charge >= 0.3 is 0 Å². The van der Waals surface area contributed by atoms with Crippen molar-refractivity contribution in [2.45, 2.75) is 59.4 Å². The maximum absolute atomic E-state index is 4.74. The molecule has 0 fully saturated rings. The van der Waals surface area contributed by atoms with E-state index in [1.165, 1.54) is 82.4 Å². The zero-order valence-corrected chi connectivity index (χ0v) is 29.1. The summed E-state index contributed by atoms with van der Waals surface area (Å²) in [5, 5.41) is 6.86. The Morgan fingerprint density at radius 3 is 2.24 bits per heavy atom. The molecule has 3 aliphatic rings. The van der Waals surface area contributed by atoms with Crippen LogP contribution >= 0.6 is 0 Å². The fourth-order valence-electron chi connectivity index (χ4n) is 8.43. The Labute approximate surface area is 290 Å². The monoisotopic (exact) mass is 633 g/mol. The van der Waals surface area contributed by atoms with Gasteiger partial charge in [-0.15, -0.1) is 0 Å². The van der Waals surface area contributed by atoms with Crippen LogP contribution in [0.2, 0.25) is 0 Å². The molecule has 240 valence electrons. The number of aryl methyl sites for hydroxylation is 1. The SMILES string of the molecule is CC(C)(C)C1(C)C=c2ccc3c(-c4ccc(C5CC=CC=N5)cc4)cc(-c4cccc(-c5ccc6c(c5)CCC=C6)c4)c4ccc(c2c34)C1. The molecule has 1 aliphatic heterocycles. The van der Waals surface area contributed by atoms with E-state index in [1.807, 2.05) is 12.3 Å². The number of hydrogen-bond donors (Lipinski definition) is 0. The highest BCUT2D eigenvalue weighted by atomic mass is 14.8. The summed E-state index contributed by atoms with van der Waals surface area (Å²) in [6.07, 6.45) is 17.5. The van der Waals surface area contributed by atoms with Gasteiger partial charge in [0, 0.05) is 6.21 Å². The lowest BCUT2D eigenvalue weighted by Gasteiger charge is -2.42. The van der Waals surface area contributed by atoms with E-state index < -0.39 is 0 Å². The Balaban J connectivity index is 1.27. The second-order valence-electron chi connectivity index (χ2n) is 15.7. The summed E-state index contributed by atoms with van der Waals surface area (Å²) in [4.78, 5) is 4.74. The summed E-state index contributed by atoms with van der Waals surface area (Å²) >= 11 is 0. The summed E-state index contributed by atoms with van der Waals surface area (Å²) in [6.45, 7) is 9.59. The normalized spacial score (nSPS) is 19.7. The summed E-state index contributed by atoms with van der Waals surface area (Å²) in [5.41, 5.74) is 13.4. The third-order valence-corrected chi connectivity index (χ3v) is 11.9. The van der Waals surface area contributed by atoms with Crippen LogP contribution in [0.3, 0.4) is 0 Å². The lowest BCUT2D eigenvalue weighted by atomic mass is 9.62. The van der Waals surface area contributed by atoms with Crippen LogP contribution < -0.4 is 5.22 Å². The summed E-state index contributed by atoms with van der Waals surface area (Å²) in [6, 6.07) is 37.7. The van der Waals surface area contributed by atoms with Gasteiger partial charge in [0.25, 0.3) is 0 Å². The lowest BCUT2D eigenvalue weighted by Crippen LogP contribution is -2.37. The largest absolute Gasteiger partial charge is 0.285 e. The number of rotatable bonds is 4. The number of hydrogen-bond acceptors (Lipinski definition) is 1. The fourth-order valence-corrected chi connectivity index (χ4v) is 8.43. The quantitative estimate of drug-likeness (QED) is 0.183. The van der Waals surface area contributed by atoms with E-state index in [-0.39, 0.29) is 16.9 Å². The Morgan fingerprint density at radius 2 is 1.45 bits per heavy atom. The zero-order chi connectivity index (χ0) is 33.3. The molecule has 0 N–H and O–H groups in total. The van der Waals surface area contributed by atoms with Gasteiger partial charge in [-0.25, -0.2) is 0 Å². The Bertz CT molecular complexity index is 2430. The molecule has 0 amide bonds. The van der Waals surface area contributed by atoms with Crippen LogP contribution in [0.5, 0.6) is 0 Å². The van der Waals surface area contributed by atoms with Crippen molar-refractivity contribution in [1.82, 2.24) is 0 Å². The first-order valence-electron chi connectivity index (χ1n) is 18.0. The van der Waals surface area contributed by atoms with E-state index in [1.54, 1.807) is 0 Å². The minimum atomic E-state index is 0.0803. The third-order valence-electron chi connectivity index (χ3n) is 11.9. The first-order valence-corrected chi connectivity index (χ1v) is 18.0. The predicted molar refractivity (Wildman–Crippen MR) is 211 cm³/mol. The Kier molecular flexibility index (Phi) is 6.92. The van der Waals surface area contributed by atoms with Gasteiger partial charge < -0.3 is 0 Å². The van der Waals surface area contributed by atoms with Crippen molar-refractivity contribution in [3.63, 3.8) is 0 Å². The second kappa shape index (κ2) is 11.3. The molecule has 0 radical (unpaired) electrons. The van der Waals surface area contributed by atoms with Crippen LogP contribution in [0.25, 0.3) is 67.1 Å². The number of dihydropyridines is 1. The number of benzene rings is 6. The zero-order valence-electron chi connectivity index (χ0n) is 29.1. The molecule has 2 aliphatic carbocycles. The van der Waals surface area contributed by atoms with Crippen molar-refractivity contribution in [3.8, 4) is 33.4 Å². The lowest BCUT2D eigenvalue weighted by molar-refractivity contribution is 0.186. The number of fused-ring (bicyclic) bond motifs is 1. The third kappa shape index (κ3) is 5.02. The van der Waals surface area contributed by atoms with E-state index in [9.17, 15) is 0 Å². The summed E-state index contributed by atoms with van der Waals surface area (Å²) in [5.74, 6) is 0. The molecule has 1 heteroatoms. The highest BCUT2D eigenvalue weighted by Gasteiger charge is 2.38. The van der Waals surface area contributed by atoms with Gasteiger partial charge in [0.05, 0.1) is 6.04 Å². The highest BCUT2D eigenvalue weighted by Crippen LogP contribution is 2.48. The average Bonchev–Trinajstić information content (AvgIpc) is 3.13. The molecular weight excluding hydrogens is 591 g/mol. The molecule has 0 saturated heterocycles. The smallest absolute Gasteiger partial charge is 0.0783 e. The van der Waals surface area contributed by atoms with Gasteiger partial charge in [0.1, 0.15) is 0 Å². The molecule has 6 aromatic carbocycles. The molecule has 0 bridgehead atoms. The minimum Gasteiger partial charge on any atom is -0.285 e. The molecule has 2 unspecified atom stereocenters. The van der Waals surface area contributed by atoms with Gasteiger partial charge in [-0.3, -0.25) is 4.99 Å². The van der Waals surface area contributed by atoms with E-state index in [0.717, 1.165) is 25.7 Å². The van der Waals surface area contributed by atoms with Crippen molar-refractivity contribution in [2.75, 3.05) is 0 Å². The maximum atomic E-state index is 4.74. The molecule has 1 nitrogen and oxygen atoms in total. The number of aliphatic imine (C=N–C) groups is 1. The van der Waals surface area contributed by atoms with Gasteiger partial charge in [0.15, 0.2) is 0 Å². The van der Waals surface area contributed by atoms with E-state index >= 15 is 0 Å². The maximum Gasteiger partial charge on any atom is 0.0783 e. The van der Waals surface area contributed by atoms with Gasteiger partial charge in [-0.2, -0.15) is 0 Å². The van der Waals surface area contributed by atoms with Gasteiger partial charge in [-0.05, 0) is 137 Å². The number of allylic oxidation sites excluding steroid dienone is 2. The van der Waals surface area contributed by atoms with Crippen molar-refractivity contribution in [2.24, 2.45) is 15.8 Å². The van der Waals surface area contributed by atoms with E-state index in [0.29, 0.717) is 0 Å². The Hall–Kier alpha value is -5.01. The molecule has 49 heavy (non-hydrogen) atoms. The molecule has 2 atom stereocenters. The van der Waals surface area contributed by atoms with Crippen LogP contribution in [-0.2, 0) is 12.8 Å². The first kappa shape index (κ1) is 30.1. The van der Waals surface area contributed by atoms with Gasteiger partial charge in [-0.1, -0.05) is 137 Å². The first-order chi connectivity index (χ1) is 23.8. The van der Waals surface area contributed by atoms with Crippen LogP contribution in [0.1, 0.15) is 68.8 Å². The van der Waals surface area contributed by atoms with Crippen LogP contribution in [-0.4, -0.2) is 6.21 Å². The predicted octanol–water partition coefficient (Wildman–Crippen LogP) is 12.1. The second-order valence-corrected chi connectivity index (χ2v) is 15.7. The molecule has 0 spiro atoms. The molecular formula is C48H43N. The van der Waals surface area contributed by atoms with E-state index in [4.69, 9.17) is 4.99 Å². The molecule has 0 aromatic heterocycles. The standard InChI is InChI=1S/C48H43N/c1-47(2,3)48(4)29-38-21-23-40-42(32-16-18-33(19-17-32)44-14-7-8-25-49-44)28-43(41-24-22-39(30-48)45(38)46(40)41)37-13-9-12-35(27-37)36-20-15-31-10-5-6-11-34(31)26-36/h5,7-10,12-13,15-29,44H,6,11,14,30H2,1-4H3. The number of nitrogens with zero attached hydrogens (tertiary/aromatic N) is 1. The van der Waals surface area contributed by atoms with Crippen LogP contribution in [0, 0.1) is 10.8 Å². The average molecular weight is 634 g/mol. The van der Waals surface area contributed by atoms with Crippen molar-refractivity contribution in [3.05, 3.63) is 143 Å². The molecule has 0 saturated carbocycles. The molecule has 9 rings (SSSR count). The summed E-state index contributed by atoms with van der Waals surface area (Å²) < 4.78 is 0. The topological polar surface area (TPSA) is 12.4 Å². The Morgan fingerprint density at radius 1 is 0.694 bits per heavy atom. The van der Waals surface area contributed by atoms with Crippen LogP contribution in [0.15, 0.2) is 120 Å². The van der Waals surface area contributed by atoms with E-state index in [2.05, 4.69) is 149 Å². The van der Waals surface area contributed by atoms with Crippen molar-refractivity contribution < 1.29 is 0 Å². The van der Waals surface area contributed by atoms with Crippen LogP contribution in [0.4, 0.5) is 0 Å². The molecule has 6 aromatic rings. The van der Waals surface area contributed by atoms with Crippen molar-refractivity contribution in [1.29, 1.82) is 0 Å². The highest BCUT2D eigenvalue weighted by molar-refractivity contribution is 6.21. The minimum absolute atomic E-state index is 0.0803. The molecule has 1 heterocycles.